The van der Waals surface area contributed by atoms with Gasteiger partial charge in [0.1, 0.15) is 18.4 Å². The molecule has 6 rings (SSSR count). The number of rotatable bonds is 4. The second-order valence-corrected chi connectivity index (χ2v) is 9.16. The topological polar surface area (TPSA) is 99.5 Å². The lowest BCUT2D eigenvalue weighted by atomic mass is 9.86. The molecule has 9 heteroatoms. The standard InChI is InChI=1S/C27H21FN4O4/c28-18-10-8-16(9-11-18)14-30-15-24(33)31-23(27(30)34)13-21-20-6-1-2-7-22(20)29-25(21)26(31)17-4-3-5-19(12-17)32(35)36/h1-12,23,26,29H,13-15H2/t23-,26+/m1/s1. The number of fused-ring (bicyclic) bond motifs is 4. The summed E-state index contributed by atoms with van der Waals surface area (Å²) in [5.74, 6) is -0.822. The van der Waals surface area contributed by atoms with E-state index in [1.54, 1.807) is 29.2 Å². The first kappa shape index (κ1) is 22.0. The maximum absolute atomic E-state index is 13.7. The van der Waals surface area contributed by atoms with Gasteiger partial charge in [-0.3, -0.25) is 19.7 Å². The molecule has 2 aliphatic rings. The second kappa shape index (κ2) is 8.30. The van der Waals surface area contributed by atoms with Gasteiger partial charge < -0.3 is 14.8 Å². The third-order valence-electron chi connectivity index (χ3n) is 7.03. The van der Waals surface area contributed by atoms with E-state index >= 15 is 0 Å². The number of halogens is 1. The number of hydrogen-bond acceptors (Lipinski definition) is 4. The molecule has 4 aromatic rings. The predicted octanol–water partition coefficient (Wildman–Crippen LogP) is 4.10. The van der Waals surface area contributed by atoms with Crippen LogP contribution in [0.15, 0.2) is 72.8 Å². The summed E-state index contributed by atoms with van der Waals surface area (Å²) in [6.07, 6.45) is 0.329. The molecule has 1 saturated heterocycles. The molecule has 0 saturated carbocycles. The molecule has 0 unspecified atom stereocenters. The average Bonchev–Trinajstić information content (AvgIpc) is 3.25. The van der Waals surface area contributed by atoms with Crippen LogP contribution in [0.2, 0.25) is 0 Å². The van der Waals surface area contributed by atoms with Crippen LogP contribution < -0.4 is 0 Å². The first-order chi connectivity index (χ1) is 17.4. The number of aromatic nitrogens is 1. The van der Waals surface area contributed by atoms with Crippen molar-refractivity contribution in [3.8, 4) is 0 Å². The van der Waals surface area contributed by atoms with E-state index in [9.17, 15) is 24.1 Å². The molecule has 180 valence electrons. The van der Waals surface area contributed by atoms with Crippen molar-refractivity contribution in [1.82, 2.24) is 14.8 Å². The number of H-pyrrole nitrogens is 1. The Hall–Kier alpha value is -4.53. The van der Waals surface area contributed by atoms with Gasteiger partial charge in [0, 0.05) is 41.7 Å². The number of amides is 2. The first-order valence-corrected chi connectivity index (χ1v) is 11.6. The maximum atomic E-state index is 13.7. The lowest BCUT2D eigenvalue weighted by molar-refractivity contribution is -0.384. The van der Waals surface area contributed by atoms with Crippen LogP contribution in [0.3, 0.4) is 0 Å². The van der Waals surface area contributed by atoms with Gasteiger partial charge in [-0.2, -0.15) is 0 Å². The minimum absolute atomic E-state index is 0.0824. The number of piperazine rings is 1. The Morgan fingerprint density at radius 2 is 1.81 bits per heavy atom. The van der Waals surface area contributed by atoms with Crippen LogP contribution in [-0.2, 0) is 22.6 Å². The number of nitrogens with zero attached hydrogens (tertiary/aromatic N) is 3. The smallest absolute Gasteiger partial charge is 0.269 e. The van der Waals surface area contributed by atoms with Gasteiger partial charge in [0.15, 0.2) is 0 Å². The summed E-state index contributed by atoms with van der Waals surface area (Å²) >= 11 is 0. The van der Waals surface area contributed by atoms with Crippen molar-refractivity contribution in [2.75, 3.05) is 6.54 Å². The van der Waals surface area contributed by atoms with Crippen LogP contribution in [-0.4, -0.2) is 44.1 Å². The number of carbonyl (C=O) groups excluding carboxylic acids is 2. The Balaban J connectivity index is 1.46. The van der Waals surface area contributed by atoms with E-state index in [-0.39, 0.29) is 36.4 Å². The average molecular weight is 484 g/mol. The summed E-state index contributed by atoms with van der Waals surface area (Å²) < 4.78 is 13.4. The van der Waals surface area contributed by atoms with Crippen LogP contribution >= 0.6 is 0 Å². The van der Waals surface area contributed by atoms with Gasteiger partial charge in [0.25, 0.3) is 5.69 Å². The largest absolute Gasteiger partial charge is 0.356 e. The fourth-order valence-corrected chi connectivity index (χ4v) is 5.42. The fraction of sp³-hybridized carbons (Fsp3) is 0.185. The third kappa shape index (κ3) is 3.51. The lowest BCUT2D eigenvalue weighted by Crippen LogP contribution is -2.62. The van der Waals surface area contributed by atoms with Gasteiger partial charge in [-0.25, -0.2) is 4.39 Å². The lowest BCUT2D eigenvalue weighted by Gasteiger charge is -2.47. The summed E-state index contributed by atoms with van der Waals surface area (Å²) in [5.41, 5.74) is 3.77. The van der Waals surface area contributed by atoms with E-state index in [2.05, 4.69) is 4.98 Å². The SMILES string of the molecule is O=C1[C@H]2Cc3c([nH]c4ccccc34)[C@H](c3cccc([N+](=O)[O-])c3)N2C(=O)CN1Cc1ccc(F)cc1. The summed E-state index contributed by atoms with van der Waals surface area (Å²) in [5, 5.41) is 12.4. The van der Waals surface area contributed by atoms with Crippen molar-refractivity contribution >= 4 is 28.4 Å². The molecule has 1 N–H and O–H groups in total. The predicted molar refractivity (Wildman–Crippen MR) is 129 cm³/mol. The Kier molecular flexibility index (Phi) is 5.06. The number of aromatic amines is 1. The number of nitro benzene ring substituents is 1. The highest BCUT2D eigenvalue weighted by Crippen LogP contribution is 2.43. The molecule has 0 radical (unpaired) electrons. The molecule has 1 fully saturated rings. The zero-order chi connectivity index (χ0) is 25.0. The molecular weight excluding hydrogens is 463 g/mol. The van der Waals surface area contributed by atoms with Gasteiger partial charge in [0.2, 0.25) is 11.8 Å². The maximum Gasteiger partial charge on any atom is 0.269 e. The van der Waals surface area contributed by atoms with Gasteiger partial charge in [-0.05, 0) is 34.9 Å². The molecule has 36 heavy (non-hydrogen) atoms. The Morgan fingerprint density at radius 1 is 1.03 bits per heavy atom. The summed E-state index contributed by atoms with van der Waals surface area (Å²) in [7, 11) is 0. The highest BCUT2D eigenvalue weighted by atomic mass is 19.1. The highest BCUT2D eigenvalue weighted by Gasteiger charge is 2.48. The van der Waals surface area contributed by atoms with Crippen LogP contribution in [0.5, 0.6) is 0 Å². The number of nitrogens with one attached hydrogen (secondary N) is 1. The minimum Gasteiger partial charge on any atom is -0.356 e. The summed E-state index contributed by atoms with van der Waals surface area (Å²) in [4.78, 5) is 44.8. The second-order valence-electron chi connectivity index (χ2n) is 9.16. The quantitative estimate of drug-likeness (QED) is 0.348. The monoisotopic (exact) mass is 484 g/mol. The number of nitro groups is 1. The normalized spacial score (nSPS) is 19.4. The van der Waals surface area contributed by atoms with E-state index in [4.69, 9.17) is 0 Å². The highest BCUT2D eigenvalue weighted by molar-refractivity contribution is 5.97. The van der Waals surface area contributed by atoms with Crippen molar-refractivity contribution < 1.29 is 18.9 Å². The summed E-state index contributed by atoms with van der Waals surface area (Å²) in [6, 6.07) is 18.4. The molecular formula is C27H21FN4O4. The molecule has 0 spiro atoms. The Labute approximate surface area is 205 Å². The van der Waals surface area contributed by atoms with Crippen LogP contribution in [0.25, 0.3) is 10.9 Å². The molecule has 3 aromatic carbocycles. The fourth-order valence-electron chi connectivity index (χ4n) is 5.42. The van der Waals surface area contributed by atoms with Crippen LogP contribution in [0, 0.1) is 15.9 Å². The van der Waals surface area contributed by atoms with Crippen molar-refractivity contribution in [1.29, 1.82) is 0 Å². The third-order valence-corrected chi connectivity index (χ3v) is 7.03. The molecule has 0 bridgehead atoms. The first-order valence-electron chi connectivity index (χ1n) is 11.6. The van der Waals surface area contributed by atoms with E-state index in [0.29, 0.717) is 12.0 Å². The molecule has 2 atom stereocenters. The van der Waals surface area contributed by atoms with E-state index < -0.39 is 17.0 Å². The molecule has 1 aromatic heterocycles. The molecule has 2 aliphatic heterocycles. The van der Waals surface area contributed by atoms with E-state index in [1.165, 1.54) is 29.2 Å². The van der Waals surface area contributed by atoms with E-state index in [0.717, 1.165) is 27.7 Å². The number of hydrogen-bond donors (Lipinski definition) is 1. The molecule has 3 heterocycles. The van der Waals surface area contributed by atoms with Crippen molar-refractivity contribution in [2.45, 2.75) is 25.0 Å². The van der Waals surface area contributed by atoms with Gasteiger partial charge in [-0.1, -0.05) is 42.5 Å². The van der Waals surface area contributed by atoms with Gasteiger partial charge in [0.05, 0.1) is 11.0 Å². The van der Waals surface area contributed by atoms with Crippen molar-refractivity contribution in [3.05, 3.63) is 111 Å². The van der Waals surface area contributed by atoms with Gasteiger partial charge in [-0.15, -0.1) is 0 Å². The van der Waals surface area contributed by atoms with E-state index in [1.807, 2.05) is 24.3 Å². The van der Waals surface area contributed by atoms with Crippen molar-refractivity contribution in [3.63, 3.8) is 0 Å². The Bertz CT molecular complexity index is 1530. The van der Waals surface area contributed by atoms with Gasteiger partial charge >= 0.3 is 0 Å². The summed E-state index contributed by atoms with van der Waals surface area (Å²) in [6.45, 7) is 0.0606. The van der Waals surface area contributed by atoms with Crippen LogP contribution in [0.1, 0.15) is 28.4 Å². The molecule has 2 amide bonds. The molecule has 0 aliphatic carbocycles. The van der Waals surface area contributed by atoms with Crippen LogP contribution in [0.4, 0.5) is 10.1 Å². The Morgan fingerprint density at radius 3 is 2.58 bits per heavy atom. The minimum atomic E-state index is -0.761. The zero-order valence-corrected chi connectivity index (χ0v) is 19.1. The van der Waals surface area contributed by atoms with Crippen molar-refractivity contribution in [2.24, 2.45) is 0 Å². The number of para-hydroxylation sites is 1. The number of non-ortho nitro benzene ring substituents is 1. The number of carbonyl (C=O) groups is 2. The number of benzene rings is 3. The molecule has 8 nitrogen and oxygen atoms in total. The zero-order valence-electron chi connectivity index (χ0n) is 19.1.